The summed E-state index contributed by atoms with van der Waals surface area (Å²) in [5, 5.41) is 18.1. The van der Waals surface area contributed by atoms with Gasteiger partial charge in [0.15, 0.2) is 5.11 Å². The quantitative estimate of drug-likeness (QED) is 0.206. The maximum atomic E-state index is 11.6. The third kappa shape index (κ3) is 4.41. The van der Waals surface area contributed by atoms with Gasteiger partial charge in [0.05, 0.1) is 22.2 Å². The number of hydrogen-bond donors (Lipinski definition) is 2. The lowest BCUT2D eigenvalue weighted by molar-refractivity contribution is -0.384. The summed E-state index contributed by atoms with van der Waals surface area (Å²) in [5.74, 6) is 0.792. The Hall–Kier alpha value is -4.57. The van der Waals surface area contributed by atoms with Gasteiger partial charge in [-0.3, -0.25) is 19.9 Å². The number of nitro benzene ring substituents is 1. The Labute approximate surface area is 211 Å². The average Bonchev–Trinajstić information content (AvgIpc) is 3.49. The maximum Gasteiger partial charge on any atom is 0.280 e. The molecule has 5 rings (SSSR count). The van der Waals surface area contributed by atoms with E-state index < -0.39 is 11.0 Å². The first-order valence-corrected chi connectivity index (χ1v) is 11.5. The summed E-state index contributed by atoms with van der Waals surface area (Å²) in [6.07, 6.45) is 1.71. The molecule has 3 heterocycles. The number of hydrogen-bond acceptors (Lipinski definition) is 6. The molecule has 0 aliphatic carbocycles. The van der Waals surface area contributed by atoms with Gasteiger partial charge in [-0.15, -0.1) is 0 Å². The van der Waals surface area contributed by atoms with E-state index in [4.69, 9.17) is 16.6 Å². The zero-order valence-electron chi connectivity index (χ0n) is 19.1. The average molecular weight is 500 g/mol. The van der Waals surface area contributed by atoms with Crippen LogP contribution in [0.5, 0.6) is 0 Å². The van der Waals surface area contributed by atoms with E-state index in [1.54, 1.807) is 48.7 Å². The van der Waals surface area contributed by atoms with E-state index in [9.17, 15) is 14.9 Å². The minimum absolute atomic E-state index is 0.0369. The monoisotopic (exact) mass is 499 g/mol. The number of rotatable bonds is 6. The van der Waals surface area contributed by atoms with Crippen molar-refractivity contribution in [3.8, 4) is 11.3 Å². The molecule has 9 nitrogen and oxygen atoms in total. The van der Waals surface area contributed by atoms with Crippen LogP contribution in [0.25, 0.3) is 11.3 Å². The molecule has 0 bridgehead atoms. The van der Waals surface area contributed by atoms with Crippen molar-refractivity contribution in [3.63, 3.8) is 0 Å². The SMILES string of the molecule is CC(=O)Nc1ccc(N2C(=S)N[C@H](c3ccccn3)[C@@H]2c2ccc(-c3ccccc3[N+](=O)[O-])o2)cc1. The molecule has 2 N–H and O–H groups in total. The summed E-state index contributed by atoms with van der Waals surface area (Å²) in [6, 6.07) is 22.2. The number of nitrogens with zero attached hydrogens (tertiary/aromatic N) is 3. The first-order valence-electron chi connectivity index (χ1n) is 11.1. The Bertz CT molecular complexity index is 1440. The van der Waals surface area contributed by atoms with Crippen molar-refractivity contribution in [1.82, 2.24) is 10.3 Å². The zero-order chi connectivity index (χ0) is 25.2. The number of nitrogens with one attached hydrogen (secondary N) is 2. The van der Waals surface area contributed by atoms with Crippen molar-refractivity contribution in [1.29, 1.82) is 0 Å². The van der Waals surface area contributed by atoms with Crippen molar-refractivity contribution in [2.24, 2.45) is 0 Å². The van der Waals surface area contributed by atoms with E-state index in [1.807, 2.05) is 35.2 Å². The summed E-state index contributed by atoms with van der Waals surface area (Å²) >= 11 is 5.72. The minimum Gasteiger partial charge on any atom is -0.459 e. The number of nitro groups is 1. The fraction of sp³-hybridized carbons (Fsp3) is 0.115. The number of para-hydroxylation sites is 1. The van der Waals surface area contributed by atoms with Crippen LogP contribution in [0.1, 0.15) is 30.5 Å². The van der Waals surface area contributed by atoms with Crippen molar-refractivity contribution in [2.45, 2.75) is 19.0 Å². The van der Waals surface area contributed by atoms with Gasteiger partial charge in [0.2, 0.25) is 5.91 Å². The minimum atomic E-state index is -0.427. The molecule has 4 aromatic rings. The van der Waals surface area contributed by atoms with E-state index in [2.05, 4.69) is 15.6 Å². The van der Waals surface area contributed by atoms with Crippen molar-refractivity contribution in [2.75, 3.05) is 10.2 Å². The number of carbonyl (C=O) groups is 1. The molecule has 10 heteroatoms. The topological polar surface area (TPSA) is 114 Å². The van der Waals surface area contributed by atoms with Crippen molar-refractivity contribution < 1.29 is 14.1 Å². The van der Waals surface area contributed by atoms with Crippen LogP contribution in [-0.4, -0.2) is 20.9 Å². The van der Waals surface area contributed by atoms with E-state index in [1.165, 1.54) is 13.0 Å². The lowest BCUT2D eigenvalue weighted by Crippen LogP contribution is -2.29. The van der Waals surface area contributed by atoms with Crippen LogP contribution < -0.4 is 15.5 Å². The second-order valence-corrected chi connectivity index (χ2v) is 8.59. The molecule has 0 radical (unpaired) electrons. The van der Waals surface area contributed by atoms with Crippen LogP contribution in [0.3, 0.4) is 0 Å². The molecule has 0 spiro atoms. The lowest BCUT2D eigenvalue weighted by Gasteiger charge is -2.26. The standard InChI is InChI=1S/C26H21N5O4S/c1-16(32)28-17-9-11-18(12-10-17)30-25(24(29-26(30)36)20-7-4-5-15-27-20)23-14-13-22(35-23)19-6-2-3-8-21(19)31(33)34/h2-15,24-25H,1H3,(H,28,32)(H,29,36)/t24-,25+/m1/s1. The van der Waals surface area contributed by atoms with E-state index in [0.29, 0.717) is 27.9 Å². The Kier molecular flexibility index (Phi) is 6.17. The predicted molar refractivity (Wildman–Crippen MR) is 139 cm³/mol. The Morgan fingerprint density at radius 2 is 1.83 bits per heavy atom. The summed E-state index contributed by atoms with van der Waals surface area (Å²) in [5.41, 5.74) is 2.58. The number of anilines is 2. The van der Waals surface area contributed by atoms with E-state index in [0.717, 1.165) is 11.4 Å². The summed E-state index contributed by atoms with van der Waals surface area (Å²) in [6.45, 7) is 1.45. The Morgan fingerprint density at radius 1 is 1.08 bits per heavy atom. The molecule has 1 amide bonds. The number of aromatic nitrogens is 1. The van der Waals surface area contributed by atoms with Gasteiger partial charge in [-0.05, 0) is 66.8 Å². The smallest absolute Gasteiger partial charge is 0.280 e. The molecular formula is C26H21N5O4S. The fourth-order valence-electron chi connectivity index (χ4n) is 4.33. The van der Waals surface area contributed by atoms with E-state index in [-0.39, 0.29) is 17.6 Å². The third-order valence-corrected chi connectivity index (χ3v) is 6.16. The molecule has 1 fully saturated rings. The van der Waals surface area contributed by atoms with Crippen molar-refractivity contribution >= 4 is 40.3 Å². The predicted octanol–water partition coefficient (Wildman–Crippen LogP) is 5.39. The summed E-state index contributed by atoms with van der Waals surface area (Å²) in [7, 11) is 0. The third-order valence-electron chi connectivity index (χ3n) is 5.85. The van der Waals surface area contributed by atoms with Gasteiger partial charge in [0.25, 0.3) is 5.69 Å². The molecular weight excluding hydrogens is 478 g/mol. The first-order chi connectivity index (χ1) is 17.4. The molecule has 1 saturated heterocycles. The lowest BCUT2D eigenvalue weighted by atomic mass is 10.0. The Balaban J connectivity index is 1.58. The molecule has 0 unspecified atom stereocenters. The number of pyridine rings is 1. The summed E-state index contributed by atoms with van der Waals surface area (Å²) in [4.78, 5) is 29.0. The van der Waals surface area contributed by atoms with Gasteiger partial charge in [0, 0.05) is 30.6 Å². The number of amides is 1. The molecule has 2 atom stereocenters. The molecule has 2 aromatic carbocycles. The second kappa shape index (κ2) is 9.59. The van der Waals surface area contributed by atoms with Gasteiger partial charge < -0.3 is 20.0 Å². The molecule has 180 valence electrons. The number of furan rings is 1. The van der Waals surface area contributed by atoms with Gasteiger partial charge >= 0.3 is 0 Å². The van der Waals surface area contributed by atoms with Crippen LogP contribution in [0.15, 0.2) is 89.5 Å². The largest absolute Gasteiger partial charge is 0.459 e. The molecule has 0 saturated carbocycles. The Morgan fingerprint density at radius 3 is 2.53 bits per heavy atom. The van der Waals surface area contributed by atoms with Crippen LogP contribution in [0.4, 0.5) is 17.1 Å². The van der Waals surface area contributed by atoms with Gasteiger partial charge in [-0.25, -0.2) is 0 Å². The van der Waals surface area contributed by atoms with Crippen LogP contribution in [-0.2, 0) is 4.79 Å². The zero-order valence-corrected chi connectivity index (χ0v) is 19.9. The molecule has 36 heavy (non-hydrogen) atoms. The second-order valence-electron chi connectivity index (χ2n) is 8.20. The highest BCUT2D eigenvalue weighted by molar-refractivity contribution is 7.80. The highest BCUT2D eigenvalue weighted by Crippen LogP contribution is 2.43. The molecule has 1 aliphatic rings. The van der Waals surface area contributed by atoms with Crippen LogP contribution >= 0.6 is 12.2 Å². The van der Waals surface area contributed by atoms with Gasteiger partial charge in [0.1, 0.15) is 17.6 Å². The van der Waals surface area contributed by atoms with Crippen LogP contribution in [0, 0.1) is 10.1 Å². The first kappa shape index (κ1) is 23.2. The fourth-order valence-corrected chi connectivity index (χ4v) is 4.67. The number of carbonyl (C=O) groups excluding carboxylic acids is 1. The van der Waals surface area contributed by atoms with Crippen molar-refractivity contribution in [3.05, 3.63) is 107 Å². The summed E-state index contributed by atoms with van der Waals surface area (Å²) < 4.78 is 6.24. The van der Waals surface area contributed by atoms with Crippen LogP contribution in [0.2, 0.25) is 0 Å². The maximum absolute atomic E-state index is 11.6. The molecule has 2 aromatic heterocycles. The highest BCUT2D eigenvalue weighted by atomic mass is 32.1. The van der Waals surface area contributed by atoms with Gasteiger partial charge in [-0.2, -0.15) is 0 Å². The molecule has 1 aliphatic heterocycles. The number of benzene rings is 2. The van der Waals surface area contributed by atoms with Gasteiger partial charge in [-0.1, -0.05) is 18.2 Å². The number of thiocarbonyl (C=S) groups is 1. The van der Waals surface area contributed by atoms with E-state index >= 15 is 0 Å². The normalized spacial score (nSPS) is 17.0. The highest BCUT2D eigenvalue weighted by Gasteiger charge is 2.42.